The molecule has 2 rings (SSSR count). The second kappa shape index (κ2) is 5.21. The molecule has 0 unspecified atom stereocenters. The summed E-state index contributed by atoms with van der Waals surface area (Å²) in [5.74, 6) is -0.824. The summed E-state index contributed by atoms with van der Waals surface area (Å²) in [6.45, 7) is 0. The van der Waals surface area contributed by atoms with Crippen molar-refractivity contribution in [3.8, 4) is 0 Å². The lowest BCUT2D eigenvalue weighted by Crippen LogP contribution is -2.16. The van der Waals surface area contributed by atoms with Crippen molar-refractivity contribution in [1.29, 1.82) is 0 Å². The van der Waals surface area contributed by atoms with Gasteiger partial charge in [-0.15, -0.1) is 0 Å². The van der Waals surface area contributed by atoms with Gasteiger partial charge in [-0.1, -0.05) is 27.5 Å². The molecule has 0 atom stereocenters. The van der Waals surface area contributed by atoms with Gasteiger partial charge in [0.2, 0.25) is 5.78 Å². The molecule has 106 valence electrons. The average Bonchev–Trinajstić information content (AvgIpc) is 2.67. The molecular weight excluding hydrogens is 360 g/mol. The van der Waals surface area contributed by atoms with Crippen LogP contribution in [0.2, 0.25) is 5.02 Å². The standard InChI is InChI=1S/C12H7BrClF3N2O/c1-19-10(9(14)5-18-19)11(20)7-3-2-6(13)4-8(7)12(15,16)17/h2-5H,1H3. The Hall–Kier alpha value is -1.34. The first-order valence-electron chi connectivity index (χ1n) is 5.30. The molecular formula is C12H7BrClF3N2O. The number of nitrogens with zero attached hydrogens (tertiary/aromatic N) is 2. The highest BCUT2D eigenvalue weighted by molar-refractivity contribution is 9.10. The minimum atomic E-state index is -4.64. The van der Waals surface area contributed by atoms with Crippen LogP contribution in [0.3, 0.4) is 0 Å². The molecule has 1 aromatic carbocycles. The Balaban J connectivity index is 2.62. The Kier molecular flexibility index (Phi) is 3.93. The molecule has 8 heteroatoms. The summed E-state index contributed by atoms with van der Waals surface area (Å²) in [5, 5.41) is 3.75. The molecule has 0 aliphatic carbocycles. The average molecular weight is 368 g/mol. The first kappa shape index (κ1) is 15.1. The van der Waals surface area contributed by atoms with Crippen LogP contribution in [0, 0.1) is 0 Å². The number of rotatable bonds is 2. The van der Waals surface area contributed by atoms with Crippen LogP contribution < -0.4 is 0 Å². The van der Waals surface area contributed by atoms with Crippen LogP contribution in [0.4, 0.5) is 13.2 Å². The molecule has 0 spiro atoms. The normalized spacial score (nSPS) is 11.7. The monoisotopic (exact) mass is 366 g/mol. The molecule has 0 saturated heterocycles. The first-order valence-corrected chi connectivity index (χ1v) is 6.48. The predicted molar refractivity (Wildman–Crippen MR) is 70.8 cm³/mol. The molecule has 20 heavy (non-hydrogen) atoms. The van der Waals surface area contributed by atoms with Gasteiger partial charge < -0.3 is 0 Å². The number of carbonyl (C=O) groups is 1. The van der Waals surface area contributed by atoms with Crippen molar-refractivity contribution in [1.82, 2.24) is 9.78 Å². The summed E-state index contributed by atoms with van der Waals surface area (Å²) < 4.78 is 40.4. The Labute approximate surface area is 125 Å². The van der Waals surface area contributed by atoms with Crippen molar-refractivity contribution < 1.29 is 18.0 Å². The quantitative estimate of drug-likeness (QED) is 0.750. The van der Waals surface area contributed by atoms with E-state index in [1.807, 2.05) is 0 Å². The summed E-state index contributed by atoms with van der Waals surface area (Å²) in [5.41, 5.74) is -1.57. The molecule has 0 amide bonds. The van der Waals surface area contributed by atoms with Crippen molar-refractivity contribution >= 4 is 33.3 Å². The molecule has 0 aliphatic rings. The maximum Gasteiger partial charge on any atom is 0.417 e. The summed E-state index contributed by atoms with van der Waals surface area (Å²) in [4.78, 5) is 12.3. The van der Waals surface area contributed by atoms with Crippen molar-refractivity contribution in [2.45, 2.75) is 6.18 Å². The maximum absolute atomic E-state index is 13.0. The Morgan fingerprint density at radius 1 is 1.40 bits per heavy atom. The molecule has 0 bridgehead atoms. The molecule has 0 saturated carbocycles. The van der Waals surface area contributed by atoms with E-state index in [9.17, 15) is 18.0 Å². The first-order chi connectivity index (χ1) is 9.21. The minimum Gasteiger partial charge on any atom is -0.287 e. The van der Waals surface area contributed by atoms with Gasteiger partial charge >= 0.3 is 6.18 Å². The lowest BCUT2D eigenvalue weighted by molar-refractivity contribution is -0.137. The largest absolute Gasteiger partial charge is 0.417 e. The van der Waals surface area contributed by atoms with E-state index in [2.05, 4.69) is 21.0 Å². The maximum atomic E-state index is 13.0. The Morgan fingerprint density at radius 3 is 2.55 bits per heavy atom. The highest BCUT2D eigenvalue weighted by Gasteiger charge is 2.36. The van der Waals surface area contributed by atoms with E-state index in [4.69, 9.17) is 11.6 Å². The van der Waals surface area contributed by atoms with Crippen LogP contribution in [-0.4, -0.2) is 15.6 Å². The van der Waals surface area contributed by atoms with Gasteiger partial charge in [-0.05, 0) is 18.2 Å². The SMILES string of the molecule is Cn1ncc(Cl)c1C(=O)c1ccc(Br)cc1C(F)(F)F. The van der Waals surface area contributed by atoms with Crippen LogP contribution >= 0.6 is 27.5 Å². The van der Waals surface area contributed by atoms with E-state index in [1.165, 1.54) is 19.3 Å². The van der Waals surface area contributed by atoms with Crippen molar-refractivity contribution in [2.75, 3.05) is 0 Å². The number of benzene rings is 1. The lowest BCUT2D eigenvalue weighted by Gasteiger charge is -2.12. The number of aromatic nitrogens is 2. The van der Waals surface area contributed by atoms with Crippen molar-refractivity contribution in [2.24, 2.45) is 7.05 Å². The fraction of sp³-hybridized carbons (Fsp3) is 0.167. The van der Waals surface area contributed by atoms with Crippen molar-refractivity contribution in [3.63, 3.8) is 0 Å². The number of aryl methyl sites for hydroxylation is 1. The fourth-order valence-corrected chi connectivity index (χ4v) is 2.36. The van der Waals surface area contributed by atoms with Crippen LogP contribution in [-0.2, 0) is 13.2 Å². The van der Waals surface area contributed by atoms with Gasteiger partial charge in [0.05, 0.1) is 16.8 Å². The second-order valence-electron chi connectivity index (χ2n) is 3.98. The van der Waals surface area contributed by atoms with Crippen molar-refractivity contribution in [3.05, 3.63) is 50.7 Å². The van der Waals surface area contributed by atoms with E-state index < -0.39 is 23.1 Å². The van der Waals surface area contributed by atoms with Gasteiger partial charge in [0, 0.05) is 17.1 Å². The van der Waals surface area contributed by atoms with E-state index in [1.54, 1.807) is 0 Å². The molecule has 0 fully saturated rings. The van der Waals surface area contributed by atoms with Gasteiger partial charge in [0.15, 0.2) is 0 Å². The zero-order chi connectivity index (χ0) is 15.1. The fourth-order valence-electron chi connectivity index (χ4n) is 1.74. The third-order valence-corrected chi connectivity index (χ3v) is 3.41. The van der Waals surface area contributed by atoms with E-state index in [0.29, 0.717) is 0 Å². The third kappa shape index (κ3) is 2.73. The minimum absolute atomic E-state index is 0.00791. The summed E-state index contributed by atoms with van der Waals surface area (Å²) in [6.07, 6.45) is -3.43. The topological polar surface area (TPSA) is 34.9 Å². The molecule has 0 radical (unpaired) electrons. The lowest BCUT2D eigenvalue weighted by atomic mass is 10.0. The van der Waals surface area contributed by atoms with Gasteiger partial charge in [-0.2, -0.15) is 18.3 Å². The van der Waals surface area contributed by atoms with Gasteiger partial charge in [-0.25, -0.2) is 0 Å². The van der Waals surface area contributed by atoms with Gasteiger partial charge in [-0.3, -0.25) is 9.48 Å². The summed E-state index contributed by atoms with van der Waals surface area (Å²) >= 11 is 8.75. The molecule has 0 aliphatic heterocycles. The molecule has 1 aromatic heterocycles. The van der Waals surface area contributed by atoms with Gasteiger partial charge in [0.1, 0.15) is 5.69 Å². The van der Waals surface area contributed by atoms with Gasteiger partial charge in [0.25, 0.3) is 0 Å². The Morgan fingerprint density at radius 2 is 2.05 bits per heavy atom. The zero-order valence-corrected chi connectivity index (χ0v) is 12.3. The number of ketones is 1. The Bertz CT molecular complexity index is 662. The van der Waals surface area contributed by atoms with E-state index in [-0.39, 0.29) is 15.2 Å². The summed E-state index contributed by atoms with van der Waals surface area (Å²) in [6, 6.07) is 3.34. The number of hydrogen-bond donors (Lipinski definition) is 0. The predicted octanol–water partition coefficient (Wildman–Crippen LogP) is 4.09. The third-order valence-electron chi connectivity index (χ3n) is 2.64. The molecule has 3 nitrogen and oxygen atoms in total. The highest BCUT2D eigenvalue weighted by atomic mass is 79.9. The van der Waals surface area contributed by atoms with E-state index in [0.717, 1.165) is 16.8 Å². The van der Waals surface area contributed by atoms with Crippen LogP contribution in [0.25, 0.3) is 0 Å². The molecule has 0 N–H and O–H groups in total. The zero-order valence-electron chi connectivity index (χ0n) is 10.0. The summed E-state index contributed by atoms with van der Waals surface area (Å²) in [7, 11) is 1.44. The molecule has 2 aromatic rings. The van der Waals surface area contributed by atoms with Crippen LogP contribution in [0.1, 0.15) is 21.6 Å². The number of hydrogen-bond acceptors (Lipinski definition) is 2. The second-order valence-corrected chi connectivity index (χ2v) is 5.30. The smallest absolute Gasteiger partial charge is 0.287 e. The van der Waals surface area contributed by atoms with Crippen LogP contribution in [0.5, 0.6) is 0 Å². The number of carbonyl (C=O) groups excluding carboxylic acids is 1. The highest BCUT2D eigenvalue weighted by Crippen LogP contribution is 2.35. The van der Waals surface area contributed by atoms with E-state index >= 15 is 0 Å². The molecule has 1 heterocycles. The number of alkyl halides is 3. The van der Waals surface area contributed by atoms with Crippen LogP contribution in [0.15, 0.2) is 28.9 Å². The number of halogens is 5.